The Morgan fingerprint density at radius 2 is 2.00 bits per heavy atom. The van der Waals surface area contributed by atoms with Gasteiger partial charge in [-0.25, -0.2) is 4.98 Å². The second-order valence-electron chi connectivity index (χ2n) is 6.91. The third-order valence-electron chi connectivity index (χ3n) is 4.50. The second-order valence-corrected chi connectivity index (χ2v) is 6.91. The van der Waals surface area contributed by atoms with Crippen molar-refractivity contribution in [1.82, 2.24) is 14.9 Å². The fourth-order valence-corrected chi connectivity index (χ4v) is 2.97. The van der Waals surface area contributed by atoms with Gasteiger partial charge in [0.15, 0.2) is 0 Å². The molecule has 1 aliphatic heterocycles. The van der Waals surface area contributed by atoms with Crippen molar-refractivity contribution in [2.75, 3.05) is 13.1 Å². The van der Waals surface area contributed by atoms with Crippen LogP contribution in [0.25, 0.3) is 11.4 Å². The number of aromatic amines is 1. The molecule has 4 nitrogen and oxygen atoms in total. The molecule has 0 amide bonds. The van der Waals surface area contributed by atoms with Gasteiger partial charge < -0.3 is 4.98 Å². The number of H-pyrrole nitrogens is 1. The third-order valence-corrected chi connectivity index (χ3v) is 4.50. The first kappa shape index (κ1) is 15.9. The molecule has 1 N–H and O–H groups in total. The van der Waals surface area contributed by atoms with Gasteiger partial charge in [-0.15, -0.1) is 0 Å². The lowest BCUT2D eigenvalue weighted by Crippen LogP contribution is -2.36. The maximum absolute atomic E-state index is 12.4. The Kier molecular flexibility index (Phi) is 4.62. The Morgan fingerprint density at radius 1 is 1.26 bits per heavy atom. The van der Waals surface area contributed by atoms with Gasteiger partial charge in [-0.05, 0) is 32.2 Å². The highest BCUT2D eigenvalue weighted by Crippen LogP contribution is 2.19. The molecule has 1 aromatic heterocycles. The van der Waals surface area contributed by atoms with E-state index in [0.717, 1.165) is 42.9 Å². The van der Waals surface area contributed by atoms with Crippen molar-refractivity contribution in [2.24, 2.45) is 5.92 Å². The van der Waals surface area contributed by atoms with Gasteiger partial charge in [0, 0.05) is 24.2 Å². The molecule has 2 aromatic rings. The molecule has 3 rings (SSSR count). The Bertz CT molecular complexity index is 731. The van der Waals surface area contributed by atoms with Crippen LogP contribution in [0.4, 0.5) is 0 Å². The van der Waals surface area contributed by atoms with Crippen LogP contribution in [0.15, 0.2) is 29.1 Å². The fourth-order valence-electron chi connectivity index (χ4n) is 2.97. The number of hydrogen-bond acceptors (Lipinski definition) is 3. The number of aromatic nitrogens is 2. The molecular formula is C19H25N3O. The van der Waals surface area contributed by atoms with E-state index in [1.165, 1.54) is 12.0 Å². The van der Waals surface area contributed by atoms with Crippen molar-refractivity contribution in [2.45, 2.75) is 40.2 Å². The predicted molar refractivity (Wildman–Crippen MR) is 93.5 cm³/mol. The van der Waals surface area contributed by atoms with E-state index in [1.807, 2.05) is 24.3 Å². The first-order valence-corrected chi connectivity index (χ1v) is 8.44. The van der Waals surface area contributed by atoms with E-state index in [2.05, 4.69) is 30.7 Å². The number of rotatable bonds is 4. The van der Waals surface area contributed by atoms with E-state index in [1.54, 1.807) is 0 Å². The average Bonchev–Trinajstić information content (AvgIpc) is 2.53. The molecule has 23 heavy (non-hydrogen) atoms. The van der Waals surface area contributed by atoms with Crippen LogP contribution in [-0.4, -0.2) is 28.0 Å². The van der Waals surface area contributed by atoms with E-state index in [-0.39, 0.29) is 5.56 Å². The summed E-state index contributed by atoms with van der Waals surface area (Å²) in [5.41, 5.74) is 4.00. The Morgan fingerprint density at radius 3 is 2.70 bits per heavy atom. The zero-order chi connectivity index (χ0) is 16.4. The molecule has 0 unspecified atom stereocenters. The molecule has 0 radical (unpaired) electrons. The van der Waals surface area contributed by atoms with Gasteiger partial charge in [-0.2, -0.15) is 0 Å². The molecule has 0 bridgehead atoms. The van der Waals surface area contributed by atoms with E-state index < -0.39 is 0 Å². The van der Waals surface area contributed by atoms with Crippen LogP contribution in [-0.2, 0) is 13.0 Å². The second kappa shape index (κ2) is 6.67. The van der Waals surface area contributed by atoms with Crippen molar-refractivity contribution >= 4 is 0 Å². The van der Waals surface area contributed by atoms with Crippen LogP contribution < -0.4 is 5.56 Å². The first-order chi connectivity index (χ1) is 11.0. The Balaban J connectivity index is 1.87. The number of hydrogen-bond donors (Lipinski definition) is 1. The lowest BCUT2D eigenvalue weighted by molar-refractivity contribution is 0.235. The summed E-state index contributed by atoms with van der Waals surface area (Å²) in [4.78, 5) is 22.5. The van der Waals surface area contributed by atoms with Gasteiger partial charge in [0.1, 0.15) is 5.82 Å². The summed E-state index contributed by atoms with van der Waals surface area (Å²) in [6.45, 7) is 9.36. The largest absolute Gasteiger partial charge is 0.306 e. The molecule has 2 heterocycles. The normalized spacial score (nSPS) is 15.0. The number of aryl methyl sites for hydroxylation is 1. The molecule has 1 aromatic carbocycles. The summed E-state index contributed by atoms with van der Waals surface area (Å²) in [5.74, 6) is 1.38. The highest BCUT2D eigenvalue weighted by molar-refractivity contribution is 5.55. The zero-order valence-electron chi connectivity index (χ0n) is 14.2. The van der Waals surface area contributed by atoms with Crippen LogP contribution in [0, 0.1) is 12.8 Å². The first-order valence-electron chi connectivity index (χ1n) is 8.44. The zero-order valence-corrected chi connectivity index (χ0v) is 14.2. The van der Waals surface area contributed by atoms with Crippen molar-refractivity contribution in [3.05, 3.63) is 51.4 Å². The lowest BCUT2D eigenvalue weighted by Gasteiger charge is -2.28. The lowest BCUT2D eigenvalue weighted by atomic mass is 10.0. The summed E-state index contributed by atoms with van der Waals surface area (Å²) in [6.07, 6.45) is 1.98. The van der Waals surface area contributed by atoms with E-state index in [0.29, 0.717) is 11.7 Å². The highest BCUT2D eigenvalue weighted by atomic mass is 16.1. The predicted octanol–water partition coefficient (Wildman–Crippen LogP) is 3.15. The summed E-state index contributed by atoms with van der Waals surface area (Å²) in [6, 6.07) is 8.12. The van der Waals surface area contributed by atoms with Crippen LogP contribution in [0.1, 0.15) is 37.1 Å². The minimum atomic E-state index is 0.0223. The smallest absolute Gasteiger partial charge is 0.254 e. The number of benzene rings is 1. The molecule has 122 valence electrons. The molecule has 4 heteroatoms. The fraction of sp³-hybridized carbons (Fsp3) is 0.474. The molecule has 0 saturated carbocycles. The molecule has 0 saturated heterocycles. The maximum atomic E-state index is 12.4. The monoisotopic (exact) mass is 311 g/mol. The highest BCUT2D eigenvalue weighted by Gasteiger charge is 2.21. The summed E-state index contributed by atoms with van der Waals surface area (Å²) in [7, 11) is 0. The van der Waals surface area contributed by atoms with Crippen LogP contribution in [0.3, 0.4) is 0 Å². The summed E-state index contributed by atoms with van der Waals surface area (Å²) < 4.78 is 0. The Hall–Kier alpha value is -1.94. The molecule has 0 aliphatic carbocycles. The summed E-state index contributed by atoms with van der Waals surface area (Å²) >= 11 is 0. The maximum Gasteiger partial charge on any atom is 0.254 e. The quantitative estimate of drug-likeness (QED) is 0.943. The van der Waals surface area contributed by atoms with Gasteiger partial charge in [0.25, 0.3) is 5.56 Å². The van der Waals surface area contributed by atoms with Crippen LogP contribution in [0.2, 0.25) is 0 Å². The van der Waals surface area contributed by atoms with Gasteiger partial charge in [0.2, 0.25) is 0 Å². The Labute approximate surface area is 137 Å². The van der Waals surface area contributed by atoms with Gasteiger partial charge in [0.05, 0.1) is 5.69 Å². The number of nitrogens with zero attached hydrogens (tertiary/aromatic N) is 2. The van der Waals surface area contributed by atoms with Gasteiger partial charge in [-0.3, -0.25) is 9.69 Å². The van der Waals surface area contributed by atoms with Crippen LogP contribution in [0.5, 0.6) is 0 Å². The topological polar surface area (TPSA) is 49.0 Å². The minimum Gasteiger partial charge on any atom is -0.306 e. The standard InChI is InChI=1S/C19H25N3O/c1-13(2)8-10-22-11-9-16-17(12-22)20-18(21-19(16)23)15-6-4-14(3)5-7-15/h4-7,13H,8-12H2,1-3H3,(H,20,21,23). The number of fused-ring (bicyclic) bond motifs is 1. The van der Waals surface area contributed by atoms with Crippen molar-refractivity contribution in [1.29, 1.82) is 0 Å². The summed E-state index contributed by atoms with van der Waals surface area (Å²) in [5, 5.41) is 0. The van der Waals surface area contributed by atoms with Crippen molar-refractivity contribution < 1.29 is 0 Å². The molecule has 0 atom stereocenters. The van der Waals surface area contributed by atoms with E-state index >= 15 is 0 Å². The third kappa shape index (κ3) is 3.70. The van der Waals surface area contributed by atoms with Gasteiger partial charge >= 0.3 is 0 Å². The molecule has 0 spiro atoms. The molecule has 1 aliphatic rings. The minimum absolute atomic E-state index is 0.0223. The van der Waals surface area contributed by atoms with E-state index in [4.69, 9.17) is 4.98 Å². The number of nitrogens with one attached hydrogen (secondary N) is 1. The van der Waals surface area contributed by atoms with Gasteiger partial charge in [-0.1, -0.05) is 43.7 Å². The van der Waals surface area contributed by atoms with Crippen LogP contribution >= 0.6 is 0 Å². The van der Waals surface area contributed by atoms with E-state index in [9.17, 15) is 4.79 Å². The molecular weight excluding hydrogens is 286 g/mol. The van der Waals surface area contributed by atoms with Crippen molar-refractivity contribution in [3.63, 3.8) is 0 Å². The molecule has 0 fully saturated rings. The SMILES string of the molecule is Cc1ccc(-c2nc3c(c(=O)[nH]2)CCN(CCC(C)C)C3)cc1. The van der Waals surface area contributed by atoms with Crippen molar-refractivity contribution in [3.8, 4) is 11.4 Å². The average molecular weight is 311 g/mol.